The second-order valence-corrected chi connectivity index (χ2v) is 4.35. The number of rotatable bonds is 1. The fourth-order valence-corrected chi connectivity index (χ4v) is 2.75. The van der Waals surface area contributed by atoms with Crippen molar-refractivity contribution in [3.05, 3.63) is 0 Å². The van der Waals surface area contributed by atoms with E-state index in [0.717, 1.165) is 30.4 Å². The molecule has 2 rings (SSSR count). The Labute approximate surface area is 83.9 Å². The van der Waals surface area contributed by atoms with Gasteiger partial charge in [-0.1, -0.05) is 12.8 Å². The van der Waals surface area contributed by atoms with Crippen LogP contribution in [-0.2, 0) is 0 Å². The van der Waals surface area contributed by atoms with Gasteiger partial charge in [0.25, 0.3) is 0 Å². The van der Waals surface area contributed by atoms with Crippen molar-refractivity contribution >= 4 is 11.7 Å². The molecule has 2 atom stereocenters. The Morgan fingerprint density at radius 3 is 2.93 bits per heavy atom. The average Bonchev–Trinajstić information content (AvgIpc) is 2.61. The van der Waals surface area contributed by atoms with Crippen LogP contribution in [0.2, 0.25) is 0 Å². The van der Waals surface area contributed by atoms with Crippen molar-refractivity contribution in [1.29, 1.82) is 0 Å². The normalized spacial score (nSPS) is 34.1. The highest BCUT2D eigenvalue weighted by molar-refractivity contribution is 5.86. The van der Waals surface area contributed by atoms with Crippen LogP contribution in [0.1, 0.15) is 38.5 Å². The Morgan fingerprint density at radius 1 is 1.36 bits per heavy atom. The minimum Gasteiger partial charge on any atom is -0.350 e. The van der Waals surface area contributed by atoms with E-state index in [1.54, 1.807) is 0 Å². The zero-order valence-corrected chi connectivity index (χ0v) is 8.33. The summed E-state index contributed by atoms with van der Waals surface area (Å²) in [6, 6.07) is -0.564. The third kappa shape index (κ3) is 2.05. The van der Waals surface area contributed by atoms with E-state index in [4.69, 9.17) is 5.73 Å². The van der Waals surface area contributed by atoms with Crippen LogP contribution in [-0.4, -0.2) is 11.7 Å². The predicted molar refractivity (Wildman–Crippen MR) is 54.8 cm³/mol. The van der Waals surface area contributed by atoms with Crippen molar-refractivity contribution in [3.63, 3.8) is 0 Å². The molecular weight excluding hydrogens is 178 g/mol. The Balaban J connectivity index is 1.90. The molecule has 0 aliphatic heterocycles. The van der Waals surface area contributed by atoms with Crippen molar-refractivity contribution in [2.24, 2.45) is 22.7 Å². The van der Waals surface area contributed by atoms with Crippen LogP contribution < -0.4 is 11.2 Å². The molecule has 0 bridgehead atoms. The number of primary amides is 1. The minimum absolute atomic E-state index is 0.564. The molecule has 0 radical (unpaired) electrons. The van der Waals surface area contributed by atoms with Gasteiger partial charge in [0, 0.05) is 5.71 Å². The lowest BCUT2D eigenvalue weighted by atomic mass is 9.81. The summed E-state index contributed by atoms with van der Waals surface area (Å²) in [7, 11) is 0. The summed E-state index contributed by atoms with van der Waals surface area (Å²) < 4.78 is 0. The number of hydrogen-bond donors (Lipinski definition) is 2. The number of nitrogens with two attached hydrogens (primary N) is 1. The molecule has 0 heterocycles. The Morgan fingerprint density at radius 2 is 2.14 bits per heavy atom. The topological polar surface area (TPSA) is 67.5 Å². The van der Waals surface area contributed by atoms with Crippen LogP contribution >= 0.6 is 0 Å². The molecule has 0 spiro atoms. The molecule has 2 saturated carbocycles. The quantitative estimate of drug-likeness (QED) is 0.613. The van der Waals surface area contributed by atoms with Gasteiger partial charge in [0.05, 0.1) is 0 Å². The molecule has 0 aromatic rings. The summed E-state index contributed by atoms with van der Waals surface area (Å²) in [5.41, 5.74) is 8.40. The molecule has 4 nitrogen and oxygen atoms in total. The maximum absolute atomic E-state index is 10.5. The molecule has 0 aromatic carbocycles. The smallest absolute Gasteiger partial charge is 0.332 e. The number of carbonyl (C=O) groups excluding carboxylic acids is 1. The van der Waals surface area contributed by atoms with Crippen LogP contribution in [0.3, 0.4) is 0 Å². The second kappa shape index (κ2) is 3.98. The van der Waals surface area contributed by atoms with E-state index in [-0.39, 0.29) is 0 Å². The maximum atomic E-state index is 10.5. The first-order valence-corrected chi connectivity index (χ1v) is 5.36. The number of hydrogen-bond acceptors (Lipinski definition) is 2. The van der Waals surface area contributed by atoms with Gasteiger partial charge in [-0.25, -0.2) is 10.2 Å². The fourth-order valence-electron chi connectivity index (χ4n) is 2.75. The second-order valence-electron chi connectivity index (χ2n) is 4.35. The van der Waals surface area contributed by atoms with Gasteiger partial charge in [-0.3, -0.25) is 0 Å². The molecule has 3 N–H and O–H groups in total. The van der Waals surface area contributed by atoms with Gasteiger partial charge in [0.15, 0.2) is 0 Å². The van der Waals surface area contributed by atoms with Gasteiger partial charge in [0.1, 0.15) is 0 Å². The Kier molecular flexibility index (Phi) is 2.70. The number of hydrazone groups is 1. The Hall–Kier alpha value is -1.06. The van der Waals surface area contributed by atoms with Crippen molar-refractivity contribution in [2.45, 2.75) is 38.5 Å². The SMILES string of the molecule is NC(=O)N/N=C1\CC[C@H]2CCC[C@H]2C1. The first-order valence-electron chi connectivity index (χ1n) is 5.36. The summed E-state index contributed by atoms with van der Waals surface area (Å²) in [6.45, 7) is 0. The van der Waals surface area contributed by atoms with Gasteiger partial charge in [-0.2, -0.15) is 5.10 Å². The van der Waals surface area contributed by atoms with Crippen molar-refractivity contribution in [3.8, 4) is 0 Å². The van der Waals surface area contributed by atoms with E-state index in [2.05, 4.69) is 10.5 Å². The van der Waals surface area contributed by atoms with Crippen LogP contribution in [0.4, 0.5) is 4.79 Å². The van der Waals surface area contributed by atoms with E-state index in [1.165, 1.54) is 25.7 Å². The largest absolute Gasteiger partial charge is 0.350 e. The number of nitrogens with zero attached hydrogens (tertiary/aromatic N) is 1. The molecule has 0 unspecified atom stereocenters. The molecular formula is C10H17N3O. The molecule has 2 aliphatic rings. The van der Waals surface area contributed by atoms with Crippen LogP contribution in [0.25, 0.3) is 0 Å². The van der Waals surface area contributed by atoms with Crippen molar-refractivity contribution in [2.75, 3.05) is 0 Å². The summed E-state index contributed by atoms with van der Waals surface area (Å²) >= 11 is 0. The molecule has 0 aromatic heterocycles. The summed E-state index contributed by atoms with van der Waals surface area (Å²) in [5, 5.41) is 4.04. The third-order valence-corrected chi connectivity index (χ3v) is 3.44. The van der Waals surface area contributed by atoms with Crippen LogP contribution in [0.5, 0.6) is 0 Å². The first kappa shape index (κ1) is 9.49. The number of fused-ring (bicyclic) bond motifs is 1. The third-order valence-electron chi connectivity index (χ3n) is 3.44. The lowest BCUT2D eigenvalue weighted by Gasteiger charge is -2.25. The maximum Gasteiger partial charge on any atom is 0.332 e. The average molecular weight is 195 g/mol. The minimum atomic E-state index is -0.564. The van der Waals surface area contributed by atoms with E-state index < -0.39 is 6.03 Å². The van der Waals surface area contributed by atoms with Gasteiger partial charge in [-0.05, 0) is 37.5 Å². The number of amides is 2. The van der Waals surface area contributed by atoms with E-state index in [1.807, 2.05) is 0 Å². The van der Waals surface area contributed by atoms with E-state index >= 15 is 0 Å². The fraction of sp³-hybridized carbons (Fsp3) is 0.800. The highest BCUT2D eigenvalue weighted by Gasteiger charge is 2.31. The van der Waals surface area contributed by atoms with E-state index in [0.29, 0.717) is 0 Å². The van der Waals surface area contributed by atoms with Crippen molar-refractivity contribution in [1.82, 2.24) is 5.43 Å². The molecule has 2 amide bonds. The van der Waals surface area contributed by atoms with Crippen molar-refractivity contribution < 1.29 is 4.79 Å². The lowest BCUT2D eigenvalue weighted by molar-refractivity contribution is 0.249. The zero-order valence-electron chi connectivity index (χ0n) is 8.33. The molecule has 14 heavy (non-hydrogen) atoms. The summed E-state index contributed by atoms with van der Waals surface area (Å²) in [4.78, 5) is 10.5. The van der Waals surface area contributed by atoms with E-state index in [9.17, 15) is 4.79 Å². The molecule has 0 saturated heterocycles. The van der Waals surface area contributed by atoms with Gasteiger partial charge in [-0.15, -0.1) is 0 Å². The van der Waals surface area contributed by atoms with Gasteiger partial charge >= 0.3 is 6.03 Å². The molecule has 2 aliphatic carbocycles. The monoisotopic (exact) mass is 195 g/mol. The molecule has 2 fully saturated rings. The first-order chi connectivity index (χ1) is 6.75. The predicted octanol–water partition coefficient (Wildman–Crippen LogP) is 1.61. The van der Waals surface area contributed by atoms with Crippen LogP contribution in [0.15, 0.2) is 5.10 Å². The summed E-state index contributed by atoms with van der Waals surface area (Å²) in [5.74, 6) is 1.74. The number of nitrogens with one attached hydrogen (secondary N) is 1. The highest BCUT2D eigenvalue weighted by Crippen LogP contribution is 2.40. The number of carbonyl (C=O) groups is 1. The lowest BCUT2D eigenvalue weighted by Crippen LogP contribution is -2.28. The highest BCUT2D eigenvalue weighted by atomic mass is 16.2. The standard InChI is InChI=1S/C10H17N3O/c11-10(14)13-12-9-5-4-7-2-1-3-8(7)6-9/h7-8H,1-6H2,(H3,11,13,14)/b12-9+/t7-,8+/m1/s1. The van der Waals surface area contributed by atoms with Gasteiger partial charge in [0.2, 0.25) is 0 Å². The van der Waals surface area contributed by atoms with Crippen LogP contribution in [0, 0.1) is 11.8 Å². The molecule has 78 valence electrons. The summed E-state index contributed by atoms with van der Waals surface area (Å²) in [6.07, 6.45) is 7.42. The number of urea groups is 1. The zero-order chi connectivity index (χ0) is 9.97. The van der Waals surface area contributed by atoms with Gasteiger partial charge < -0.3 is 5.73 Å². The molecule has 4 heteroatoms. The Bertz CT molecular complexity index is 262.